The second-order valence-corrected chi connectivity index (χ2v) is 6.63. The Bertz CT molecular complexity index is 251. The van der Waals surface area contributed by atoms with Gasteiger partial charge in [-0.2, -0.15) is 0 Å². The lowest BCUT2D eigenvalue weighted by Gasteiger charge is -2.44. The molecule has 1 aliphatic carbocycles. The average molecular weight is 268 g/mol. The fourth-order valence-corrected chi connectivity index (χ4v) is 3.76. The van der Waals surface area contributed by atoms with Crippen LogP contribution in [0, 0.1) is 5.92 Å². The van der Waals surface area contributed by atoms with Crippen LogP contribution in [0.2, 0.25) is 0 Å². The highest BCUT2D eigenvalue weighted by atomic mass is 16.3. The number of piperidine rings is 1. The van der Waals surface area contributed by atoms with Crippen LogP contribution in [-0.2, 0) is 0 Å². The van der Waals surface area contributed by atoms with Gasteiger partial charge in [-0.3, -0.25) is 4.90 Å². The van der Waals surface area contributed by atoms with Crippen molar-refractivity contribution in [3.63, 3.8) is 0 Å². The molecule has 1 aliphatic heterocycles. The first-order chi connectivity index (χ1) is 9.20. The second-order valence-electron chi connectivity index (χ2n) is 6.63. The van der Waals surface area contributed by atoms with Crippen LogP contribution in [0.5, 0.6) is 0 Å². The van der Waals surface area contributed by atoms with Gasteiger partial charge in [0.15, 0.2) is 0 Å². The highest BCUT2D eigenvalue weighted by molar-refractivity contribution is 4.89. The van der Waals surface area contributed by atoms with E-state index in [9.17, 15) is 5.11 Å². The summed E-state index contributed by atoms with van der Waals surface area (Å²) in [6.45, 7) is 7.59. The molecule has 3 nitrogen and oxygen atoms in total. The first-order valence-electron chi connectivity index (χ1n) is 8.36. The SMILES string of the molecule is CCCNC1CC(C(C)O)CN(C2CCCCC2)C1. The number of hydrogen-bond donors (Lipinski definition) is 2. The van der Waals surface area contributed by atoms with Gasteiger partial charge in [0.25, 0.3) is 0 Å². The maximum atomic E-state index is 9.98. The summed E-state index contributed by atoms with van der Waals surface area (Å²) in [7, 11) is 0. The summed E-state index contributed by atoms with van der Waals surface area (Å²) in [6.07, 6.45) is 9.11. The van der Waals surface area contributed by atoms with Crippen molar-refractivity contribution >= 4 is 0 Å². The number of nitrogens with zero attached hydrogens (tertiary/aromatic N) is 1. The number of aliphatic hydroxyl groups is 1. The lowest BCUT2D eigenvalue weighted by atomic mass is 9.86. The minimum Gasteiger partial charge on any atom is -0.393 e. The summed E-state index contributed by atoms with van der Waals surface area (Å²) >= 11 is 0. The molecular weight excluding hydrogens is 236 g/mol. The molecule has 2 rings (SSSR count). The van der Waals surface area contributed by atoms with E-state index in [0.717, 1.165) is 25.6 Å². The van der Waals surface area contributed by atoms with Crippen LogP contribution >= 0.6 is 0 Å². The molecular formula is C16H32N2O. The van der Waals surface area contributed by atoms with Gasteiger partial charge in [0, 0.05) is 25.2 Å². The van der Waals surface area contributed by atoms with Crippen LogP contribution in [0.3, 0.4) is 0 Å². The quantitative estimate of drug-likeness (QED) is 0.803. The van der Waals surface area contributed by atoms with Gasteiger partial charge >= 0.3 is 0 Å². The Morgan fingerprint density at radius 1 is 1.21 bits per heavy atom. The maximum Gasteiger partial charge on any atom is 0.0553 e. The van der Waals surface area contributed by atoms with Crippen LogP contribution < -0.4 is 5.32 Å². The molecule has 2 N–H and O–H groups in total. The predicted octanol–water partition coefficient (Wildman–Crippen LogP) is 2.39. The largest absolute Gasteiger partial charge is 0.393 e. The van der Waals surface area contributed by atoms with Crippen molar-refractivity contribution < 1.29 is 5.11 Å². The molecule has 112 valence electrons. The zero-order chi connectivity index (χ0) is 13.7. The van der Waals surface area contributed by atoms with E-state index in [0.29, 0.717) is 12.0 Å². The Kier molecular flexibility index (Phi) is 6.11. The minimum absolute atomic E-state index is 0.169. The molecule has 0 aromatic carbocycles. The van der Waals surface area contributed by atoms with Crippen LogP contribution in [-0.4, -0.2) is 47.8 Å². The highest BCUT2D eigenvalue weighted by Crippen LogP contribution is 2.28. The third kappa shape index (κ3) is 4.44. The van der Waals surface area contributed by atoms with Crippen molar-refractivity contribution in [3.8, 4) is 0 Å². The zero-order valence-electron chi connectivity index (χ0n) is 12.8. The molecule has 2 fully saturated rings. The van der Waals surface area contributed by atoms with E-state index in [1.54, 1.807) is 0 Å². The Hall–Kier alpha value is -0.120. The van der Waals surface area contributed by atoms with E-state index >= 15 is 0 Å². The zero-order valence-corrected chi connectivity index (χ0v) is 12.8. The molecule has 1 saturated carbocycles. The van der Waals surface area contributed by atoms with Gasteiger partial charge in [0.2, 0.25) is 0 Å². The van der Waals surface area contributed by atoms with E-state index < -0.39 is 0 Å². The molecule has 0 aromatic heterocycles. The molecule has 3 heteroatoms. The number of hydrogen-bond acceptors (Lipinski definition) is 3. The Morgan fingerprint density at radius 2 is 1.95 bits per heavy atom. The van der Waals surface area contributed by atoms with Crippen LogP contribution in [0.15, 0.2) is 0 Å². The fraction of sp³-hybridized carbons (Fsp3) is 1.00. The number of rotatable bonds is 5. The van der Waals surface area contributed by atoms with Crippen molar-refractivity contribution in [3.05, 3.63) is 0 Å². The molecule has 0 amide bonds. The standard InChI is InChI=1S/C16H32N2O/c1-3-9-17-15-10-14(13(2)19)11-18(12-15)16-7-5-4-6-8-16/h13-17,19H,3-12H2,1-2H3. The topological polar surface area (TPSA) is 35.5 Å². The van der Waals surface area contributed by atoms with Gasteiger partial charge in [-0.25, -0.2) is 0 Å². The van der Waals surface area contributed by atoms with Gasteiger partial charge in [-0.1, -0.05) is 26.2 Å². The van der Waals surface area contributed by atoms with Gasteiger partial charge in [0.05, 0.1) is 6.10 Å². The average Bonchev–Trinajstić information content (AvgIpc) is 2.45. The van der Waals surface area contributed by atoms with E-state index in [2.05, 4.69) is 17.1 Å². The normalized spacial score (nSPS) is 32.4. The van der Waals surface area contributed by atoms with E-state index in [1.165, 1.54) is 45.1 Å². The molecule has 1 heterocycles. The summed E-state index contributed by atoms with van der Waals surface area (Å²) < 4.78 is 0. The lowest BCUT2D eigenvalue weighted by molar-refractivity contribution is 0.0209. The van der Waals surface area contributed by atoms with Gasteiger partial charge in [-0.15, -0.1) is 0 Å². The highest BCUT2D eigenvalue weighted by Gasteiger charge is 2.33. The summed E-state index contributed by atoms with van der Waals surface area (Å²) in [5.41, 5.74) is 0. The number of likely N-dealkylation sites (tertiary alicyclic amines) is 1. The monoisotopic (exact) mass is 268 g/mol. The van der Waals surface area contributed by atoms with Gasteiger partial charge < -0.3 is 10.4 Å². The van der Waals surface area contributed by atoms with E-state index in [1.807, 2.05) is 6.92 Å². The van der Waals surface area contributed by atoms with Crippen LogP contribution in [0.1, 0.15) is 58.8 Å². The molecule has 0 aromatic rings. The van der Waals surface area contributed by atoms with Crippen molar-refractivity contribution in [2.75, 3.05) is 19.6 Å². The van der Waals surface area contributed by atoms with Crippen LogP contribution in [0.25, 0.3) is 0 Å². The third-order valence-electron chi connectivity index (χ3n) is 4.97. The van der Waals surface area contributed by atoms with Crippen LogP contribution in [0.4, 0.5) is 0 Å². The molecule has 2 aliphatic rings. The molecule has 1 saturated heterocycles. The molecule has 3 unspecified atom stereocenters. The first kappa shape index (κ1) is 15.3. The summed E-state index contributed by atoms with van der Waals surface area (Å²) in [5, 5.41) is 13.7. The molecule has 0 spiro atoms. The molecule has 3 atom stereocenters. The Labute approximate surface area is 118 Å². The lowest BCUT2D eigenvalue weighted by Crippen LogP contribution is -2.54. The molecule has 0 radical (unpaired) electrons. The van der Waals surface area contributed by atoms with Crippen molar-refractivity contribution in [2.24, 2.45) is 5.92 Å². The number of nitrogens with one attached hydrogen (secondary N) is 1. The summed E-state index contributed by atoms with van der Waals surface area (Å²) in [4.78, 5) is 2.67. The van der Waals surface area contributed by atoms with Crippen molar-refractivity contribution in [1.82, 2.24) is 10.2 Å². The first-order valence-corrected chi connectivity index (χ1v) is 8.36. The summed E-state index contributed by atoms with van der Waals surface area (Å²) in [5.74, 6) is 0.449. The Balaban J connectivity index is 1.92. The van der Waals surface area contributed by atoms with Gasteiger partial charge in [0.1, 0.15) is 0 Å². The molecule has 19 heavy (non-hydrogen) atoms. The predicted molar refractivity (Wildman–Crippen MR) is 80.3 cm³/mol. The third-order valence-corrected chi connectivity index (χ3v) is 4.97. The van der Waals surface area contributed by atoms with E-state index in [4.69, 9.17) is 0 Å². The Morgan fingerprint density at radius 3 is 2.58 bits per heavy atom. The summed E-state index contributed by atoms with van der Waals surface area (Å²) in [6, 6.07) is 1.36. The molecule has 0 bridgehead atoms. The van der Waals surface area contributed by atoms with Crippen molar-refractivity contribution in [2.45, 2.75) is 77.0 Å². The maximum absolute atomic E-state index is 9.98. The second kappa shape index (κ2) is 7.61. The minimum atomic E-state index is -0.169. The fourth-order valence-electron chi connectivity index (χ4n) is 3.76. The van der Waals surface area contributed by atoms with Gasteiger partial charge in [-0.05, 0) is 45.1 Å². The van der Waals surface area contributed by atoms with Crippen molar-refractivity contribution in [1.29, 1.82) is 0 Å². The van der Waals surface area contributed by atoms with E-state index in [-0.39, 0.29) is 6.10 Å². The number of aliphatic hydroxyl groups excluding tert-OH is 1. The smallest absolute Gasteiger partial charge is 0.0553 e.